The monoisotopic (exact) mass is 2010 g/mol. The standard InChI is InChI=1S/3C44H22N4S2/c45-23-25-17-39(47-35-13-5-1-9-27(35)31-21-43-33(19-37(31)47)29-11-3-7-15-41(29)49-43)40(18-26(25)24-46)48-36-14-6-2-10-28(36)32-22-44-34(20-38(32)48)30-12-4-8-16-42(30)50-44;45-23-25-17-26(47-36-13-5-1-9-27(36)31-21-43-33(19-39(31)47)29-11-3-7-15-41(29)49-43)18-38(35(25)24-46)48-37-14-6-2-10-28(37)32-22-44-34(20-40(32)48)30-12-4-8-16-42(30)50-44;45-23-33-34(24-46)38(48-36-14-6-2-10-26(36)30-22-44-32(20-40(30)48)28-12-4-8-16-42(28)50-44)18-17-37(33)47-35-13-5-1-9-25(35)29-21-43-31(19-39(29)47)27-11-3-7-15-41(27)49-43/h3*1-22H. The van der Waals surface area contributed by atoms with Gasteiger partial charge in [0, 0.05) is 191 Å². The zero-order chi connectivity index (χ0) is 99.3. The minimum Gasteiger partial charge on any atom is -0.309 e. The van der Waals surface area contributed by atoms with Crippen LogP contribution in [0.1, 0.15) is 33.4 Å². The average molecular weight is 2010 g/mol. The Morgan fingerprint density at radius 1 is 0.133 bits per heavy atom. The van der Waals surface area contributed by atoms with Crippen LogP contribution in [-0.4, -0.2) is 27.4 Å². The molecule has 0 spiro atoms. The van der Waals surface area contributed by atoms with Crippen LogP contribution in [0.3, 0.4) is 0 Å². The molecule has 12 heterocycles. The van der Waals surface area contributed by atoms with Crippen LogP contribution < -0.4 is 0 Å². The molecule has 0 amide bonds. The Hall–Kier alpha value is -19.3. The zero-order valence-electron chi connectivity index (χ0n) is 78.9. The summed E-state index contributed by atoms with van der Waals surface area (Å²) in [7, 11) is 0. The summed E-state index contributed by atoms with van der Waals surface area (Å²) in [5.74, 6) is 0. The van der Waals surface area contributed by atoms with Gasteiger partial charge < -0.3 is 27.4 Å². The molecule has 0 fully saturated rings. The lowest BCUT2D eigenvalue weighted by atomic mass is 10.0. The maximum Gasteiger partial charge on any atom is 0.103 e. The number of para-hydroxylation sites is 6. The van der Waals surface area contributed by atoms with Gasteiger partial charge in [0.1, 0.15) is 36.4 Å². The molecule has 0 aliphatic rings. The number of aromatic nitrogens is 6. The largest absolute Gasteiger partial charge is 0.309 e. The van der Waals surface area contributed by atoms with E-state index >= 15 is 0 Å². The fourth-order valence-electron chi connectivity index (χ4n) is 24.1. The van der Waals surface area contributed by atoms with E-state index in [0.717, 1.165) is 148 Å². The van der Waals surface area contributed by atoms with Crippen molar-refractivity contribution in [1.82, 2.24) is 27.4 Å². The number of nitriles is 6. The highest BCUT2D eigenvalue weighted by Gasteiger charge is 2.30. The SMILES string of the molecule is N#Cc1c(-n2c3ccccc3c3cc4sc5ccccc5c4cc32)ccc(-n2c3ccccc3c3cc4sc5ccccc5c4cc32)c1C#N.N#Cc1cc(-n2c3ccccc3c3cc4sc5ccccc5c4cc32)c(-n2c3ccccc3c3cc4sc5ccccc5c4cc32)cc1C#N.N#Cc1cc(-n2c3ccccc3c3cc4sc5ccccc5c4cc32)cc(-n2c3ccccc3c3cc4sc5ccccc5c4cc32)c1C#N. The highest BCUT2D eigenvalue weighted by molar-refractivity contribution is 7.28. The summed E-state index contributed by atoms with van der Waals surface area (Å²) in [4.78, 5) is 0. The lowest BCUT2D eigenvalue weighted by Crippen LogP contribution is -2.05. The van der Waals surface area contributed by atoms with Crippen molar-refractivity contribution in [3.8, 4) is 70.5 Å². The van der Waals surface area contributed by atoms with Crippen molar-refractivity contribution < 1.29 is 0 Å². The van der Waals surface area contributed by atoms with E-state index in [1.807, 2.05) is 82.5 Å². The fourth-order valence-corrected chi connectivity index (χ4v) is 30.9. The summed E-state index contributed by atoms with van der Waals surface area (Å²) in [6.07, 6.45) is 0. The first kappa shape index (κ1) is 85.1. The minimum absolute atomic E-state index is 0.348. The highest BCUT2D eigenvalue weighted by Crippen LogP contribution is 2.52. The van der Waals surface area contributed by atoms with E-state index in [1.165, 1.54) is 121 Å². The topological polar surface area (TPSA) is 172 Å². The van der Waals surface area contributed by atoms with E-state index in [4.69, 9.17) is 0 Å². The van der Waals surface area contributed by atoms with Gasteiger partial charge in [-0.3, -0.25) is 0 Å². The molecule has 0 atom stereocenters. The van der Waals surface area contributed by atoms with Crippen molar-refractivity contribution in [2.24, 2.45) is 0 Å². The highest BCUT2D eigenvalue weighted by atomic mass is 32.1. The van der Waals surface area contributed by atoms with Gasteiger partial charge >= 0.3 is 0 Å². The van der Waals surface area contributed by atoms with E-state index in [2.05, 4.69) is 416 Å². The molecule has 12 nitrogen and oxygen atoms in total. The van der Waals surface area contributed by atoms with Crippen molar-refractivity contribution in [2.75, 3.05) is 0 Å². The van der Waals surface area contributed by atoms with E-state index in [-0.39, 0.29) is 0 Å². The molecule has 0 radical (unpaired) electrons. The fraction of sp³-hybridized carbons (Fsp3) is 0. The Bertz CT molecular complexity index is 11800. The normalized spacial score (nSPS) is 12.0. The first-order valence-corrected chi connectivity index (χ1v) is 54.0. The first-order valence-electron chi connectivity index (χ1n) is 49.1. The lowest BCUT2D eigenvalue weighted by molar-refractivity contribution is 1.09. The van der Waals surface area contributed by atoms with Crippen molar-refractivity contribution in [3.63, 3.8) is 0 Å². The summed E-state index contributed by atoms with van der Waals surface area (Å²) in [6.45, 7) is 0. The van der Waals surface area contributed by atoms with Gasteiger partial charge in [-0.15, -0.1) is 68.0 Å². The number of benzene rings is 21. The molecule has 0 saturated carbocycles. The Morgan fingerprint density at radius 3 is 0.580 bits per heavy atom. The summed E-state index contributed by atoms with van der Waals surface area (Å²) < 4.78 is 28.3. The third-order valence-corrected chi connectivity index (χ3v) is 37.4. The molecule has 21 aromatic carbocycles. The van der Waals surface area contributed by atoms with Gasteiger partial charge in [-0.25, -0.2) is 0 Å². The molecule has 0 unspecified atom stereocenters. The van der Waals surface area contributed by atoms with Crippen LogP contribution in [0.2, 0.25) is 0 Å². The second-order valence-electron chi connectivity index (χ2n) is 38.2. The molecular weight excluding hydrogens is 1950 g/mol. The number of nitrogens with zero attached hydrogens (tertiary/aromatic N) is 12. The number of hydrogen-bond donors (Lipinski definition) is 0. The van der Waals surface area contributed by atoms with Crippen LogP contribution in [0.15, 0.2) is 400 Å². The number of thiophene rings is 6. The quantitative estimate of drug-likeness (QED) is 0.160. The van der Waals surface area contributed by atoms with Crippen LogP contribution in [0.25, 0.3) is 286 Å². The number of fused-ring (bicyclic) bond motifs is 36. The predicted molar refractivity (Wildman–Crippen MR) is 631 cm³/mol. The average Bonchev–Trinajstić information content (AvgIpc) is 1.55. The Labute approximate surface area is 875 Å². The molecule has 0 aliphatic heterocycles. The molecule has 690 valence electrons. The lowest BCUT2D eigenvalue weighted by Gasteiger charge is -2.18. The molecule has 33 aromatic rings. The van der Waals surface area contributed by atoms with E-state index in [1.54, 1.807) is 34.0 Å². The zero-order valence-corrected chi connectivity index (χ0v) is 83.8. The van der Waals surface area contributed by atoms with Crippen molar-refractivity contribution >= 4 is 320 Å². The van der Waals surface area contributed by atoms with E-state index in [0.29, 0.717) is 50.4 Å². The van der Waals surface area contributed by atoms with Crippen LogP contribution in [0.5, 0.6) is 0 Å². The molecule has 0 N–H and O–H groups in total. The van der Waals surface area contributed by atoms with Crippen LogP contribution in [-0.2, 0) is 0 Å². The van der Waals surface area contributed by atoms with Crippen LogP contribution in [0.4, 0.5) is 0 Å². The second kappa shape index (κ2) is 32.6. The third kappa shape index (κ3) is 12.3. The molecule has 33 rings (SSSR count). The summed E-state index contributed by atoms with van der Waals surface area (Å²) in [6, 6.07) is 156. The Balaban J connectivity index is 0.000000101. The molecule has 0 bridgehead atoms. The molecule has 150 heavy (non-hydrogen) atoms. The minimum atomic E-state index is 0.348. The molecule has 0 aliphatic carbocycles. The van der Waals surface area contributed by atoms with Crippen molar-refractivity contribution in [1.29, 1.82) is 31.6 Å². The van der Waals surface area contributed by atoms with Crippen LogP contribution in [0, 0.1) is 68.0 Å². The van der Waals surface area contributed by atoms with Crippen LogP contribution >= 0.6 is 68.0 Å². The van der Waals surface area contributed by atoms with Gasteiger partial charge in [-0.05, 0) is 182 Å². The maximum atomic E-state index is 10.9. The van der Waals surface area contributed by atoms with E-state index in [9.17, 15) is 31.6 Å². The maximum absolute atomic E-state index is 10.9. The molecular formula is C132H66N12S6. The van der Waals surface area contributed by atoms with Crippen molar-refractivity contribution in [3.05, 3.63) is 434 Å². The molecule has 18 heteroatoms. The molecule has 0 saturated heterocycles. The summed E-state index contributed by atoms with van der Waals surface area (Å²) >= 11 is 10.8. The van der Waals surface area contributed by atoms with Gasteiger partial charge in [-0.2, -0.15) is 31.6 Å². The summed E-state index contributed by atoms with van der Waals surface area (Å²) in [5.41, 5.74) is 19.1. The number of hydrogen-bond acceptors (Lipinski definition) is 12. The van der Waals surface area contributed by atoms with E-state index < -0.39 is 0 Å². The Morgan fingerprint density at radius 2 is 0.340 bits per heavy atom. The summed E-state index contributed by atoms with van der Waals surface area (Å²) in [5, 5.41) is 92.0. The van der Waals surface area contributed by atoms with Gasteiger partial charge in [0.2, 0.25) is 0 Å². The third-order valence-electron chi connectivity index (χ3n) is 30.6. The molecule has 12 aromatic heterocycles. The van der Waals surface area contributed by atoms with Gasteiger partial charge in [0.25, 0.3) is 0 Å². The van der Waals surface area contributed by atoms with Gasteiger partial charge in [0.15, 0.2) is 0 Å². The Kier molecular flexibility index (Phi) is 18.5. The van der Waals surface area contributed by atoms with Crippen molar-refractivity contribution in [2.45, 2.75) is 0 Å². The first-order chi connectivity index (χ1) is 74.1. The smallest absolute Gasteiger partial charge is 0.103 e. The predicted octanol–water partition coefficient (Wildman–Crippen LogP) is 37.1. The second-order valence-corrected chi connectivity index (χ2v) is 44.7. The van der Waals surface area contributed by atoms with Gasteiger partial charge in [0.05, 0.1) is 128 Å². The number of rotatable bonds is 6. The van der Waals surface area contributed by atoms with Gasteiger partial charge in [-0.1, -0.05) is 218 Å².